The van der Waals surface area contributed by atoms with Gasteiger partial charge in [-0.2, -0.15) is 4.31 Å². The highest BCUT2D eigenvalue weighted by atomic mass is 32.2. The molecule has 2 heterocycles. The van der Waals surface area contributed by atoms with Gasteiger partial charge in [-0.05, 0) is 38.9 Å². The average Bonchev–Trinajstić information content (AvgIpc) is 2.89. The second-order valence-corrected chi connectivity index (χ2v) is 8.17. The molecule has 1 saturated heterocycles. The number of sulfonamides is 1. The van der Waals surface area contributed by atoms with Crippen molar-refractivity contribution in [2.45, 2.75) is 36.6 Å². The van der Waals surface area contributed by atoms with Crippen LogP contribution in [0.15, 0.2) is 16.3 Å². The van der Waals surface area contributed by atoms with Crippen molar-refractivity contribution in [3.63, 3.8) is 0 Å². The second kappa shape index (κ2) is 7.00. The van der Waals surface area contributed by atoms with Gasteiger partial charge in [0.25, 0.3) is 10.0 Å². The predicted octanol–water partition coefficient (Wildman–Crippen LogP) is 1.66. The van der Waals surface area contributed by atoms with Crippen LogP contribution in [0.4, 0.5) is 0 Å². The Kier molecular flexibility index (Phi) is 5.57. The lowest BCUT2D eigenvalue weighted by atomic mass is 10.1. The van der Waals surface area contributed by atoms with Crippen LogP contribution < -0.4 is 5.32 Å². The van der Waals surface area contributed by atoms with E-state index in [1.165, 1.54) is 11.3 Å². The third-order valence-corrected chi connectivity index (χ3v) is 6.74. The fourth-order valence-electron chi connectivity index (χ4n) is 2.39. The quantitative estimate of drug-likeness (QED) is 0.866. The van der Waals surface area contributed by atoms with E-state index in [4.69, 9.17) is 4.74 Å². The Balaban J connectivity index is 2.12. The minimum atomic E-state index is -3.37. The van der Waals surface area contributed by atoms with Gasteiger partial charge in [-0.3, -0.25) is 0 Å². The first kappa shape index (κ1) is 15.9. The summed E-state index contributed by atoms with van der Waals surface area (Å²) in [5.41, 5.74) is 0. The van der Waals surface area contributed by atoms with Crippen molar-refractivity contribution in [3.8, 4) is 0 Å². The van der Waals surface area contributed by atoms with Crippen molar-refractivity contribution in [2.24, 2.45) is 0 Å². The first-order valence-corrected chi connectivity index (χ1v) is 9.18. The molecule has 0 spiro atoms. The maximum Gasteiger partial charge on any atom is 0.252 e. The van der Waals surface area contributed by atoms with Gasteiger partial charge in [0.05, 0.1) is 6.10 Å². The van der Waals surface area contributed by atoms with Crippen LogP contribution in [0.5, 0.6) is 0 Å². The van der Waals surface area contributed by atoms with Gasteiger partial charge < -0.3 is 10.1 Å². The maximum absolute atomic E-state index is 12.6. The van der Waals surface area contributed by atoms with Gasteiger partial charge in [-0.25, -0.2) is 8.42 Å². The van der Waals surface area contributed by atoms with Crippen LogP contribution >= 0.6 is 11.3 Å². The van der Waals surface area contributed by atoms with Crippen LogP contribution in [0.2, 0.25) is 0 Å². The number of hydrogen-bond acceptors (Lipinski definition) is 5. The second-order valence-electron chi connectivity index (χ2n) is 4.83. The largest absolute Gasteiger partial charge is 0.377 e. The van der Waals surface area contributed by atoms with E-state index in [1.807, 2.05) is 20.0 Å². The maximum atomic E-state index is 12.6. The van der Waals surface area contributed by atoms with E-state index in [1.54, 1.807) is 10.4 Å². The zero-order chi connectivity index (χ0) is 14.6. The van der Waals surface area contributed by atoms with Crippen molar-refractivity contribution < 1.29 is 13.2 Å². The predicted molar refractivity (Wildman–Crippen MR) is 80.5 cm³/mol. The zero-order valence-corrected chi connectivity index (χ0v) is 13.6. The molecule has 7 heteroatoms. The molecule has 114 valence electrons. The normalized spacial score (nSPS) is 21.2. The minimum absolute atomic E-state index is 0.0280. The number of ether oxygens (including phenoxy) is 1. The molecule has 1 aromatic rings. The van der Waals surface area contributed by atoms with Crippen molar-refractivity contribution in [1.82, 2.24) is 9.62 Å². The Hall–Kier alpha value is -0.470. The molecule has 1 aliphatic rings. The van der Waals surface area contributed by atoms with E-state index >= 15 is 0 Å². The first-order valence-electron chi connectivity index (χ1n) is 6.93. The van der Waals surface area contributed by atoms with Crippen LogP contribution in [0.1, 0.15) is 24.6 Å². The average molecular weight is 318 g/mol. The molecule has 2 rings (SSSR count). The molecule has 1 N–H and O–H groups in total. The van der Waals surface area contributed by atoms with Gasteiger partial charge >= 0.3 is 0 Å². The Morgan fingerprint density at radius 1 is 1.50 bits per heavy atom. The van der Waals surface area contributed by atoms with E-state index in [0.717, 1.165) is 17.7 Å². The van der Waals surface area contributed by atoms with Gasteiger partial charge in [0.15, 0.2) is 0 Å². The lowest BCUT2D eigenvalue weighted by Crippen LogP contribution is -2.42. The number of rotatable bonds is 6. The van der Waals surface area contributed by atoms with E-state index in [2.05, 4.69) is 5.32 Å². The summed E-state index contributed by atoms with van der Waals surface area (Å²) in [4.78, 5) is 1.03. The SMILES string of the molecule is CCOC1CCCN(S(=O)(=O)c2ccc(CNC)s2)C1. The molecule has 1 atom stereocenters. The standard InChI is InChI=1S/C13H22N2O3S2/c1-3-18-11-5-4-8-15(10-11)20(16,17)13-7-6-12(19-13)9-14-2/h6-7,11,14H,3-5,8-10H2,1-2H3. The molecule has 0 amide bonds. The Labute approximate surface area is 125 Å². The summed E-state index contributed by atoms with van der Waals surface area (Å²) in [5, 5.41) is 3.03. The zero-order valence-electron chi connectivity index (χ0n) is 12.0. The highest BCUT2D eigenvalue weighted by molar-refractivity contribution is 7.91. The van der Waals surface area contributed by atoms with Gasteiger partial charge in [0, 0.05) is 31.1 Å². The van der Waals surface area contributed by atoms with Crippen LogP contribution in [-0.4, -0.2) is 45.6 Å². The minimum Gasteiger partial charge on any atom is -0.377 e. The molecule has 0 aliphatic carbocycles. The third-order valence-electron chi connectivity index (χ3n) is 3.33. The summed E-state index contributed by atoms with van der Waals surface area (Å²) in [5.74, 6) is 0. The number of thiophene rings is 1. The topological polar surface area (TPSA) is 58.6 Å². The molecular formula is C13H22N2O3S2. The van der Waals surface area contributed by atoms with E-state index in [9.17, 15) is 8.42 Å². The molecule has 1 unspecified atom stereocenters. The lowest BCUT2D eigenvalue weighted by molar-refractivity contribution is 0.0265. The van der Waals surface area contributed by atoms with Crippen molar-refractivity contribution >= 4 is 21.4 Å². The van der Waals surface area contributed by atoms with Crippen LogP contribution in [0.25, 0.3) is 0 Å². The Morgan fingerprint density at radius 3 is 3.00 bits per heavy atom. The Bertz CT molecular complexity index is 525. The number of nitrogens with one attached hydrogen (secondary N) is 1. The summed E-state index contributed by atoms with van der Waals surface area (Å²) in [7, 11) is -1.51. The Morgan fingerprint density at radius 2 is 2.30 bits per heavy atom. The van der Waals surface area contributed by atoms with Crippen LogP contribution in [-0.2, 0) is 21.3 Å². The van der Waals surface area contributed by atoms with E-state index in [0.29, 0.717) is 30.5 Å². The van der Waals surface area contributed by atoms with Gasteiger partial charge in [0.1, 0.15) is 4.21 Å². The summed E-state index contributed by atoms with van der Waals surface area (Å²) >= 11 is 1.34. The molecule has 20 heavy (non-hydrogen) atoms. The van der Waals surface area contributed by atoms with Crippen molar-refractivity contribution in [1.29, 1.82) is 0 Å². The van der Waals surface area contributed by atoms with Gasteiger partial charge in [-0.1, -0.05) is 0 Å². The molecule has 1 aliphatic heterocycles. The first-order chi connectivity index (χ1) is 9.57. The smallest absolute Gasteiger partial charge is 0.252 e. The monoisotopic (exact) mass is 318 g/mol. The lowest BCUT2D eigenvalue weighted by Gasteiger charge is -2.31. The molecular weight excluding hydrogens is 296 g/mol. The van der Waals surface area contributed by atoms with E-state index in [-0.39, 0.29) is 6.10 Å². The molecule has 0 aromatic carbocycles. The highest BCUT2D eigenvalue weighted by Gasteiger charge is 2.31. The molecule has 1 aromatic heterocycles. The molecule has 5 nitrogen and oxygen atoms in total. The van der Waals surface area contributed by atoms with Crippen LogP contribution in [0, 0.1) is 0 Å². The van der Waals surface area contributed by atoms with Crippen molar-refractivity contribution in [2.75, 3.05) is 26.7 Å². The molecule has 1 fully saturated rings. The van der Waals surface area contributed by atoms with Gasteiger partial charge in [-0.15, -0.1) is 11.3 Å². The van der Waals surface area contributed by atoms with Crippen LogP contribution in [0.3, 0.4) is 0 Å². The number of piperidine rings is 1. The number of hydrogen-bond donors (Lipinski definition) is 1. The van der Waals surface area contributed by atoms with Gasteiger partial charge in [0.2, 0.25) is 0 Å². The third kappa shape index (κ3) is 3.59. The fraction of sp³-hybridized carbons (Fsp3) is 0.692. The molecule has 0 radical (unpaired) electrons. The highest BCUT2D eigenvalue weighted by Crippen LogP contribution is 2.27. The summed E-state index contributed by atoms with van der Waals surface area (Å²) in [6.07, 6.45) is 1.83. The molecule has 0 bridgehead atoms. The summed E-state index contributed by atoms with van der Waals surface area (Å²) in [6, 6.07) is 3.58. The fourth-order valence-corrected chi connectivity index (χ4v) is 5.42. The van der Waals surface area contributed by atoms with E-state index < -0.39 is 10.0 Å². The van der Waals surface area contributed by atoms with Crippen molar-refractivity contribution in [3.05, 3.63) is 17.0 Å². The number of nitrogens with zero attached hydrogens (tertiary/aromatic N) is 1. The summed E-state index contributed by atoms with van der Waals surface area (Å²) in [6.45, 7) is 4.32. The summed E-state index contributed by atoms with van der Waals surface area (Å²) < 4.78 is 32.8. The molecule has 0 saturated carbocycles.